The number of fused-ring (bicyclic) bond motifs is 2. The molecule has 0 saturated heterocycles. The zero-order valence-electron chi connectivity index (χ0n) is 7.41. The van der Waals surface area contributed by atoms with Gasteiger partial charge in [0.1, 0.15) is 19.0 Å². The second-order valence-corrected chi connectivity index (χ2v) is 3.25. The molecule has 0 spiro atoms. The monoisotopic (exact) mass is 192 g/mol. The van der Waals surface area contributed by atoms with E-state index in [1.54, 1.807) is 6.07 Å². The van der Waals surface area contributed by atoms with Crippen LogP contribution in [0.5, 0.6) is 17.2 Å². The SMILES string of the molecule is O=C1Cc2cc3c(cc2O1)OCCO3. The van der Waals surface area contributed by atoms with E-state index < -0.39 is 0 Å². The fourth-order valence-corrected chi connectivity index (χ4v) is 1.66. The van der Waals surface area contributed by atoms with Crippen molar-refractivity contribution < 1.29 is 19.0 Å². The van der Waals surface area contributed by atoms with Gasteiger partial charge in [-0.25, -0.2) is 0 Å². The molecular weight excluding hydrogens is 184 g/mol. The number of ether oxygens (including phenoxy) is 3. The van der Waals surface area contributed by atoms with E-state index in [2.05, 4.69) is 0 Å². The van der Waals surface area contributed by atoms with E-state index in [9.17, 15) is 4.79 Å². The van der Waals surface area contributed by atoms with Gasteiger partial charge < -0.3 is 14.2 Å². The van der Waals surface area contributed by atoms with Crippen LogP contribution in [0.3, 0.4) is 0 Å². The minimum absolute atomic E-state index is 0.220. The number of carbonyl (C=O) groups excluding carboxylic acids is 1. The van der Waals surface area contributed by atoms with E-state index in [4.69, 9.17) is 14.2 Å². The number of esters is 1. The second kappa shape index (κ2) is 2.64. The maximum atomic E-state index is 11.0. The minimum Gasteiger partial charge on any atom is -0.486 e. The lowest BCUT2D eigenvalue weighted by Crippen LogP contribution is -2.15. The van der Waals surface area contributed by atoms with Crippen molar-refractivity contribution in [2.75, 3.05) is 13.2 Å². The van der Waals surface area contributed by atoms with Crippen LogP contribution >= 0.6 is 0 Å². The van der Waals surface area contributed by atoms with E-state index in [1.807, 2.05) is 6.07 Å². The molecular formula is C10H8O4. The van der Waals surface area contributed by atoms with Crippen molar-refractivity contribution in [2.45, 2.75) is 6.42 Å². The third-order valence-electron chi connectivity index (χ3n) is 2.28. The maximum absolute atomic E-state index is 11.0. The Bertz CT molecular complexity index is 374. The van der Waals surface area contributed by atoms with Crippen LogP contribution < -0.4 is 14.2 Å². The molecule has 0 unspecified atom stereocenters. The molecule has 0 aromatic heterocycles. The van der Waals surface area contributed by atoms with Crippen molar-refractivity contribution in [2.24, 2.45) is 0 Å². The van der Waals surface area contributed by atoms with E-state index in [-0.39, 0.29) is 5.97 Å². The summed E-state index contributed by atoms with van der Waals surface area (Å²) < 4.78 is 15.8. The normalized spacial score (nSPS) is 17.6. The van der Waals surface area contributed by atoms with Gasteiger partial charge >= 0.3 is 5.97 Å². The van der Waals surface area contributed by atoms with Gasteiger partial charge in [-0.05, 0) is 6.07 Å². The highest BCUT2D eigenvalue weighted by Crippen LogP contribution is 2.39. The molecule has 2 aliphatic rings. The van der Waals surface area contributed by atoms with Gasteiger partial charge in [0, 0.05) is 11.6 Å². The maximum Gasteiger partial charge on any atom is 0.315 e. The first-order valence-corrected chi connectivity index (χ1v) is 4.46. The molecule has 72 valence electrons. The van der Waals surface area contributed by atoms with Crippen LogP contribution in [0.15, 0.2) is 12.1 Å². The van der Waals surface area contributed by atoms with Crippen LogP contribution in [0.25, 0.3) is 0 Å². The molecule has 4 nitrogen and oxygen atoms in total. The molecule has 0 atom stereocenters. The van der Waals surface area contributed by atoms with Gasteiger partial charge in [-0.3, -0.25) is 4.79 Å². The number of carbonyl (C=O) groups is 1. The van der Waals surface area contributed by atoms with Crippen LogP contribution in [0.4, 0.5) is 0 Å². The molecule has 0 amide bonds. The molecule has 14 heavy (non-hydrogen) atoms. The summed E-state index contributed by atoms with van der Waals surface area (Å²) in [5, 5.41) is 0. The van der Waals surface area contributed by atoms with Gasteiger partial charge in [0.25, 0.3) is 0 Å². The highest BCUT2D eigenvalue weighted by Gasteiger charge is 2.24. The number of hydrogen-bond donors (Lipinski definition) is 0. The van der Waals surface area contributed by atoms with E-state index in [0.29, 0.717) is 36.9 Å². The van der Waals surface area contributed by atoms with E-state index in [0.717, 1.165) is 5.56 Å². The lowest BCUT2D eigenvalue weighted by Gasteiger charge is -2.18. The topological polar surface area (TPSA) is 44.8 Å². The largest absolute Gasteiger partial charge is 0.486 e. The Kier molecular flexibility index (Phi) is 1.45. The summed E-state index contributed by atoms with van der Waals surface area (Å²) >= 11 is 0. The summed E-state index contributed by atoms with van der Waals surface area (Å²) in [6.45, 7) is 1.10. The summed E-state index contributed by atoms with van der Waals surface area (Å²) in [5.74, 6) is 1.74. The van der Waals surface area contributed by atoms with E-state index >= 15 is 0 Å². The van der Waals surface area contributed by atoms with Crippen molar-refractivity contribution in [3.05, 3.63) is 17.7 Å². The van der Waals surface area contributed by atoms with Gasteiger partial charge in [0.2, 0.25) is 0 Å². The van der Waals surface area contributed by atoms with Crippen molar-refractivity contribution in [3.63, 3.8) is 0 Å². The van der Waals surface area contributed by atoms with Gasteiger partial charge in [0.15, 0.2) is 11.5 Å². The lowest BCUT2D eigenvalue weighted by atomic mass is 10.1. The fraction of sp³-hybridized carbons (Fsp3) is 0.300. The predicted molar refractivity (Wildman–Crippen MR) is 46.8 cm³/mol. The number of rotatable bonds is 0. The first kappa shape index (κ1) is 7.67. The molecule has 0 radical (unpaired) electrons. The van der Waals surface area contributed by atoms with Crippen LogP contribution in [0.1, 0.15) is 5.56 Å². The molecule has 0 N–H and O–H groups in total. The summed E-state index contributed by atoms with van der Waals surface area (Å²) in [7, 11) is 0. The molecule has 0 saturated carbocycles. The number of hydrogen-bond acceptors (Lipinski definition) is 4. The summed E-state index contributed by atoms with van der Waals surface area (Å²) in [4.78, 5) is 11.0. The van der Waals surface area contributed by atoms with Crippen molar-refractivity contribution in [3.8, 4) is 17.2 Å². The Balaban J connectivity index is 2.10. The third kappa shape index (κ3) is 1.04. The molecule has 1 aromatic rings. The van der Waals surface area contributed by atoms with Crippen LogP contribution in [0.2, 0.25) is 0 Å². The molecule has 2 heterocycles. The molecule has 1 aromatic carbocycles. The Labute approximate surface area is 80.4 Å². The Morgan fingerprint density at radius 1 is 1.00 bits per heavy atom. The molecule has 2 aliphatic heterocycles. The van der Waals surface area contributed by atoms with Crippen molar-refractivity contribution in [1.82, 2.24) is 0 Å². The lowest BCUT2D eigenvalue weighted by molar-refractivity contribution is -0.131. The van der Waals surface area contributed by atoms with Gasteiger partial charge in [-0.1, -0.05) is 0 Å². The second-order valence-electron chi connectivity index (χ2n) is 3.25. The summed E-state index contributed by atoms with van der Waals surface area (Å²) in [5.41, 5.74) is 0.874. The molecule has 3 rings (SSSR count). The molecule has 4 heteroatoms. The highest BCUT2D eigenvalue weighted by atomic mass is 16.6. The highest BCUT2D eigenvalue weighted by molar-refractivity contribution is 5.81. The summed E-state index contributed by atoms with van der Waals surface area (Å²) in [6.07, 6.45) is 0.325. The Morgan fingerprint density at radius 2 is 1.71 bits per heavy atom. The molecule has 0 fully saturated rings. The third-order valence-corrected chi connectivity index (χ3v) is 2.28. The van der Waals surface area contributed by atoms with Crippen LogP contribution in [-0.2, 0) is 11.2 Å². The zero-order chi connectivity index (χ0) is 9.54. The fourth-order valence-electron chi connectivity index (χ4n) is 1.66. The molecule has 0 bridgehead atoms. The standard InChI is InChI=1S/C10H8O4/c11-10-4-6-3-8-9(5-7(6)14-10)13-2-1-12-8/h3,5H,1-2,4H2. The predicted octanol–water partition coefficient (Wildman–Crippen LogP) is 0.919. The van der Waals surface area contributed by atoms with Gasteiger partial charge in [0.05, 0.1) is 6.42 Å². The van der Waals surface area contributed by atoms with Crippen molar-refractivity contribution in [1.29, 1.82) is 0 Å². The first-order valence-electron chi connectivity index (χ1n) is 4.46. The average molecular weight is 192 g/mol. The van der Waals surface area contributed by atoms with Crippen LogP contribution in [-0.4, -0.2) is 19.2 Å². The minimum atomic E-state index is -0.220. The van der Waals surface area contributed by atoms with Gasteiger partial charge in [-0.2, -0.15) is 0 Å². The quantitative estimate of drug-likeness (QED) is 0.453. The van der Waals surface area contributed by atoms with E-state index in [1.165, 1.54) is 0 Å². The molecule has 0 aliphatic carbocycles. The Morgan fingerprint density at radius 3 is 2.50 bits per heavy atom. The van der Waals surface area contributed by atoms with Crippen LogP contribution in [0, 0.1) is 0 Å². The van der Waals surface area contributed by atoms with Gasteiger partial charge in [-0.15, -0.1) is 0 Å². The number of benzene rings is 1. The first-order chi connectivity index (χ1) is 6.83. The van der Waals surface area contributed by atoms with Crippen molar-refractivity contribution >= 4 is 5.97 Å². The smallest absolute Gasteiger partial charge is 0.315 e. The average Bonchev–Trinajstić information content (AvgIpc) is 2.53. The summed E-state index contributed by atoms with van der Waals surface area (Å²) in [6, 6.07) is 3.53. The Hall–Kier alpha value is -1.71. The zero-order valence-corrected chi connectivity index (χ0v) is 7.41.